The molecule has 3 rings (SSSR count). The van der Waals surface area contributed by atoms with Crippen molar-refractivity contribution < 1.29 is 4.79 Å². The average Bonchev–Trinajstić information content (AvgIpc) is 3.10. The van der Waals surface area contributed by atoms with Crippen molar-refractivity contribution >= 4 is 17.2 Å². The monoisotopic (exact) mass is 319 g/mol. The minimum atomic E-state index is -0.334. The molecule has 1 unspecified atom stereocenters. The first-order valence-corrected chi connectivity index (χ1v) is 8.43. The van der Waals surface area contributed by atoms with Gasteiger partial charge in [-0.3, -0.25) is 4.79 Å². The summed E-state index contributed by atoms with van der Waals surface area (Å²) in [5.41, 5.74) is 3.00. The number of hydrogen-bond donors (Lipinski definition) is 3. The van der Waals surface area contributed by atoms with Gasteiger partial charge in [0.05, 0.1) is 22.7 Å². The van der Waals surface area contributed by atoms with E-state index in [4.69, 9.17) is 0 Å². The number of nitrogens with one attached hydrogen (secondary N) is 3. The summed E-state index contributed by atoms with van der Waals surface area (Å²) < 4.78 is 0. The van der Waals surface area contributed by atoms with Crippen LogP contribution >= 0.6 is 11.3 Å². The zero-order chi connectivity index (χ0) is 15.5. The number of amides is 1. The van der Waals surface area contributed by atoms with Crippen molar-refractivity contribution in [1.29, 1.82) is 0 Å². The number of carbonyl (C=O) groups is 1. The van der Waals surface area contributed by atoms with Crippen LogP contribution in [0, 0.1) is 13.8 Å². The van der Waals surface area contributed by atoms with Crippen molar-refractivity contribution in [2.45, 2.75) is 39.2 Å². The Morgan fingerprint density at radius 2 is 2.36 bits per heavy atom. The fraction of sp³-hybridized carbons (Fsp3) is 0.533. The van der Waals surface area contributed by atoms with Gasteiger partial charge in [0.2, 0.25) is 5.91 Å². The largest absolute Gasteiger partial charge is 0.354 e. The summed E-state index contributed by atoms with van der Waals surface area (Å²) in [6, 6.07) is -0.334. The molecule has 2 aromatic heterocycles. The molecule has 0 saturated heterocycles. The molecule has 0 aliphatic carbocycles. The predicted molar refractivity (Wildman–Crippen MR) is 86.0 cm³/mol. The lowest BCUT2D eigenvalue weighted by atomic mass is 10.1. The number of hydrogen-bond acceptors (Lipinski definition) is 5. The third-order valence-electron chi connectivity index (χ3n) is 3.95. The third kappa shape index (κ3) is 3.20. The zero-order valence-corrected chi connectivity index (χ0v) is 13.7. The van der Waals surface area contributed by atoms with E-state index in [9.17, 15) is 4.79 Å². The number of aryl methyl sites for hydroxylation is 3. The second kappa shape index (κ2) is 6.58. The van der Waals surface area contributed by atoms with Gasteiger partial charge in [-0.05, 0) is 20.3 Å². The summed E-state index contributed by atoms with van der Waals surface area (Å²) in [5, 5.41) is 7.37. The number of aromatic amines is 1. The van der Waals surface area contributed by atoms with Crippen LogP contribution in [0.5, 0.6) is 0 Å². The van der Waals surface area contributed by atoms with E-state index in [-0.39, 0.29) is 11.9 Å². The molecule has 6 nitrogen and oxygen atoms in total. The third-order valence-corrected chi connectivity index (χ3v) is 5.08. The van der Waals surface area contributed by atoms with E-state index in [0.717, 1.165) is 47.9 Å². The summed E-state index contributed by atoms with van der Waals surface area (Å²) in [6.45, 7) is 5.58. The molecule has 0 aromatic carbocycles. The van der Waals surface area contributed by atoms with E-state index in [1.807, 2.05) is 6.92 Å². The Bertz CT molecular complexity index is 643. The van der Waals surface area contributed by atoms with Crippen LogP contribution in [0.15, 0.2) is 6.33 Å². The standard InChI is InChI=1S/C15H21N5OS/c1-9-10(2)22-12(20-9)4-3-6-17-15(21)14-13-11(5-7-16-14)18-8-19-13/h8,14,16H,3-7H2,1-2H3,(H,17,21)(H,18,19). The van der Waals surface area contributed by atoms with Gasteiger partial charge in [0.15, 0.2) is 0 Å². The minimum absolute atomic E-state index is 0.000417. The molecule has 0 bridgehead atoms. The summed E-state index contributed by atoms with van der Waals surface area (Å²) in [4.78, 5) is 25.4. The molecule has 0 fully saturated rings. The van der Waals surface area contributed by atoms with Gasteiger partial charge >= 0.3 is 0 Å². The molecule has 0 radical (unpaired) electrons. The van der Waals surface area contributed by atoms with Crippen molar-refractivity contribution in [3.8, 4) is 0 Å². The van der Waals surface area contributed by atoms with E-state index >= 15 is 0 Å². The molecule has 0 saturated carbocycles. The summed E-state index contributed by atoms with van der Waals surface area (Å²) in [7, 11) is 0. The average molecular weight is 319 g/mol. The summed E-state index contributed by atoms with van der Waals surface area (Å²) in [6.07, 6.45) is 4.36. The molecule has 3 heterocycles. The van der Waals surface area contributed by atoms with Gasteiger partial charge in [-0.25, -0.2) is 9.97 Å². The van der Waals surface area contributed by atoms with Gasteiger partial charge in [0.25, 0.3) is 0 Å². The lowest BCUT2D eigenvalue weighted by molar-refractivity contribution is -0.123. The fourth-order valence-corrected chi connectivity index (χ4v) is 3.61. The first-order chi connectivity index (χ1) is 10.6. The molecule has 118 valence electrons. The van der Waals surface area contributed by atoms with Crippen LogP contribution in [-0.2, 0) is 17.6 Å². The Kier molecular flexibility index (Phi) is 4.54. The van der Waals surface area contributed by atoms with Crippen molar-refractivity contribution in [3.63, 3.8) is 0 Å². The van der Waals surface area contributed by atoms with Crippen LogP contribution in [0.25, 0.3) is 0 Å². The van der Waals surface area contributed by atoms with Crippen LogP contribution < -0.4 is 10.6 Å². The Morgan fingerprint density at radius 1 is 1.50 bits per heavy atom. The molecule has 3 N–H and O–H groups in total. The van der Waals surface area contributed by atoms with Crippen molar-refractivity contribution in [1.82, 2.24) is 25.6 Å². The Hall–Kier alpha value is -1.73. The van der Waals surface area contributed by atoms with Crippen LogP contribution in [0.4, 0.5) is 0 Å². The van der Waals surface area contributed by atoms with Gasteiger partial charge in [-0.2, -0.15) is 0 Å². The molecule has 1 aliphatic heterocycles. The number of imidazole rings is 1. The van der Waals surface area contributed by atoms with E-state index < -0.39 is 0 Å². The highest BCUT2D eigenvalue weighted by atomic mass is 32.1. The molecule has 1 aliphatic rings. The van der Waals surface area contributed by atoms with Gasteiger partial charge in [0.1, 0.15) is 6.04 Å². The maximum Gasteiger partial charge on any atom is 0.243 e. The number of aromatic nitrogens is 3. The summed E-state index contributed by atoms with van der Waals surface area (Å²) in [5.74, 6) is -0.000417. The Morgan fingerprint density at radius 3 is 3.14 bits per heavy atom. The van der Waals surface area contributed by atoms with Crippen LogP contribution in [0.2, 0.25) is 0 Å². The van der Waals surface area contributed by atoms with E-state index in [1.165, 1.54) is 4.88 Å². The topological polar surface area (TPSA) is 82.7 Å². The van der Waals surface area contributed by atoms with Crippen LogP contribution in [0.1, 0.15) is 39.4 Å². The number of fused-ring (bicyclic) bond motifs is 1. The summed E-state index contributed by atoms with van der Waals surface area (Å²) >= 11 is 1.74. The highest BCUT2D eigenvalue weighted by Crippen LogP contribution is 2.19. The maximum absolute atomic E-state index is 12.3. The van der Waals surface area contributed by atoms with Gasteiger partial charge in [-0.1, -0.05) is 0 Å². The molecule has 22 heavy (non-hydrogen) atoms. The van der Waals surface area contributed by atoms with Gasteiger partial charge < -0.3 is 15.6 Å². The van der Waals surface area contributed by atoms with E-state index in [2.05, 4.69) is 32.5 Å². The van der Waals surface area contributed by atoms with Crippen LogP contribution in [-0.4, -0.2) is 33.9 Å². The normalized spacial score (nSPS) is 17.3. The number of nitrogens with zero attached hydrogens (tertiary/aromatic N) is 2. The lowest BCUT2D eigenvalue weighted by Gasteiger charge is -2.22. The molecule has 0 spiro atoms. The van der Waals surface area contributed by atoms with Gasteiger partial charge in [-0.15, -0.1) is 11.3 Å². The Labute approximate surface area is 133 Å². The number of thiazole rings is 1. The smallest absolute Gasteiger partial charge is 0.243 e. The first kappa shape index (κ1) is 15.2. The highest BCUT2D eigenvalue weighted by Gasteiger charge is 2.27. The van der Waals surface area contributed by atoms with E-state index in [0.29, 0.717) is 6.54 Å². The van der Waals surface area contributed by atoms with Crippen molar-refractivity contribution in [3.05, 3.63) is 33.3 Å². The Balaban J connectivity index is 1.47. The maximum atomic E-state index is 12.3. The second-order valence-electron chi connectivity index (χ2n) is 5.55. The SMILES string of the molecule is Cc1nc(CCCNC(=O)C2NCCc3[nH]cnc32)sc1C. The van der Waals surface area contributed by atoms with Crippen molar-refractivity contribution in [2.75, 3.05) is 13.1 Å². The number of H-pyrrole nitrogens is 1. The molecule has 2 aromatic rings. The molecular weight excluding hydrogens is 298 g/mol. The highest BCUT2D eigenvalue weighted by molar-refractivity contribution is 7.11. The molecule has 7 heteroatoms. The zero-order valence-electron chi connectivity index (χ0n) is 12.9. The fourth-order valence-electron chi connectivity index (χ4n) is 2.64. The number of carbonyl (C=O) groups excluding carboxylic acids is 1. The second-order valence-corrected chi connectivity index (χ2v) is 6.83. The predicted octanol–water partition coefficient (Wildman–Crippen LogP) is 1.42. The lowest BCUT2D eigenvalue weighted by Crippen LogP contribution is -2.41. The van der Waals surface area contributed by atoms with Gasteiger partial charge in [0, 0.05) is 36.5 Å². The van der Waals surface area contributed by atoms with Crippen LogP contribution in [0.3, 0.4) is 0 Å². The molecular formula is C15H21N5OS. The number of rotatable bonds is 5. The molecule has 1 atom stereocenters. The quantitative estimate of drug-likeness (QED) is 0.728. The van der Waals surface area contributed by atoms with E-state index in [1.54, 1.807) is 17.7 Å². The first-order valence-electron chi connectivity index (χ1n) is 7.61. The van der Waals surface area contributed by atoms with Crippen molar-refractivity contribution in [2.24, 2.45) is 0 Å². The molecule has 1 amide bonds. The minimum Gasteiger partial charge on any atom is -0.354 e.